The summed E-state index contributed by atoms with van der Waals surface area (Å²) in [6.45, 7) is 1.89. The summed E-state index contributed by atoms with van der Waals surface area (Å²) in [5, 5.41) is 0.383. The smallest absolute Gasteiger partial charge is 0.229 e. The quantitative estimate of drug-likeness (QED) is 0.624. The van der Waals surface area contributed by atoms with Gasteiger partial charge in [-0.2, -0.15) is 0 Å². The lowest BCUT2D eigenvalue weighted by molar-refractivity contribution is 0.101. The van der Waals surface area contributed by atoms with Crippen LogP contribution >= 0.6 is 27.5 Å². The Kier molecular flexibility index (Phi) is 3.36. The zero-order valence-electron chi connectivity index (χ0n) is 10.5. The maximum absolute atomic E-state index is 12.4. The molecule has 0 unspecified atom stereocenters. The summed E-state index contributed by atoms with van der Waals surface area (Å²) in [7, 11) is 0. The van der Waals surface area contributed by atoms with E-state index in [1.165, 1.54) is 0 Å². The van der Waals surface area contributed by atoms with E-state index in [0.717, 1.165) is 10.2 Å². The monoisotopic (exact) mass is 349 g/mol. The highest BCUT2D eigenvalue weighted by atomic mass is 79.9. The molecule has 0 aliphatic heterocycles. The molecule has 100 valence electrons. The van der Waals surface area contributed by atoms with Crippen LogP contribution in [0.5, 0.6) is 0 Å². The Morgan fingerprint density at radius 3 is 2.80 bits per heavy atom. The van der Waals surface area contributed by atoms with Crippen molar-refractivity contribution in [1.29, 1.82) is 0 Å². The summed E-state index contributed by atoms with van der Waals surface area (Å²) in [6, 6.07) is 10.4. The van der Waals surface area contributed by atoms with Crippen LogP contribution in [0.2, 0.25) is 5.02 Å². The molecule has 0 N–H and O–H groups in total. The fourth-order valence-corrected chi connectivity index (χ4v) is 2.70. The summed E-state index contributed by atoms with van der Waals surface area (Å²) >= 11 is 9.40. The van der Waals surface area contributed by atoms with Crippen molar-refractivity contribution in [3.63, 3.8) is 0 Å². The molecular formula is C15H9BrClNO2. The minimum absolute atomic E-state index is 0.238. The van der Waals surface area contributed by atoms with Crippen molar-refractivity contribution in [3.05, 3.63) is 62.9 Å². The van der Waals surface area contributed by atoms with Crippen LogP contribution in [0.3, 0.4) is 0 Å². The number of halogens is 2. The zero-order chi connectivity index (χ0) is 14.3. The van der Waals surface area contributed by atoms with Crippen LogP contribution in [0.25, 0.3) is 11.1 Å². The summed E-state index contributed by atoms with van der Waals surface area (Å²) in [5.41, 5.74) is 2.54. The lowest BCUT2D eigenvalue weighted by atomic mass is 10.1. The van der Waals surface area contributed by atoms with Crippen molar-refractivity contribution < 1.29 is 9.21 Å². The van der Waals surface area contributed by atoms with E-state index < -0.39 is 0 Å². The van der Waals surface area contributed by atoms with E-state index in [1.807, 2.05) is 13.0 Å². The molecule has 0 radical (unpaired) electrons. The van der Waals surface area contributed by atoms with Crippen LogP contribution in [0, 0.1) is 6.92 Å². The van der Waals surface area contributed by atoms with Crippen LogP contribution in [-0.2, 0) is 0 Å². The Morgan fingerprint density at radius 1 is 1.25 bits per heavy atom. The van der Waals surface area contributed by atoms with E-state index in [-0.39, 0.29) is 11.5 Å². The molecule has 5 heteroatoms. The second-order valence-electron chi connectivity index (χ2n) is 4.40. The first-order valence-electron chi connectivity index (χ1n) is 5.91. The number of hydrogen-bond acceptors (Lipinski definition) is 3. The molecule has 2 heterocycles. The Hall–Kier alpha value is -1.65. The molecule has 3 nitrogen and oxygen atoms in total. The van der Waals surface area contributed by atoms with E-state index in [9.17, 15) is 4.79 Å². The van der Waals surface area contributed by atoms with Gasteiger partial charge in [0.15, 0.2) is 11.3 Å². The molecule has 3 rings (SSSR count). The van der Waals surface area contributed by atoms with Gasteiger partial charge in [0.1, 0.15) is 5.52 Å². The van der Waals surface area contributed by atoms with Gasteiger partial charge in [-0.3, -0.25) is 4.79 Å². The minimum atomic E-state index is -0.252. The summed E-state index contributed by atoms with van der Waals surface area (Å²) in [6.07, 6.45) is 0. The average molecular weight is 351 g/mol. The van der Waals surface area contributed by atoms with Crippen LogP contribution in [0.15, 0.2) is 45.3 Å². The zero-order valence-corrected chi connectivity index (χ0v) is 12.8. The van der Waals surface area contributed by atoms with Gasteiger partial charge in [-0.05, 0) is 37.3 Å². The SMILES string of the molecule is Cc1ccc2oc(C(=O)c3ccc(Br)cc3Cl)cc2n1. The molecule has 0 saturated carbocycles. The number of aromatic nitrogens is 1. The van der Waals surface area contributed by atoms with Gasteiger partial charge in [-0.1, -0.05) is 27.5 Å². The number of hydrogen-bond donors (Lipinski definition) is 0. The van der Waals surface area contributed by atoms with Gasteiger partial charge in [-0.15, -0.1) is 0 Å². The fourth-order valence-electron chi connectivity index (χ4n) is 1.94. The van der Waals surface area contributed by atoms with Crippen molar-refractivity contribution in [2.75, 3.05) is 0 Å². The largest absolute Gasteiger partial charge is 0.451 e. The molecule has 0 aliphatic carbocycles. The molecule has 0 fully saturated rings. The van der Waals surface area contributed by atoms with Gasteiger partial charge in [0.2, 0.25) is 5.78 Å². The Bertz CT molecular complexity index is 826. The highest BCUT2D eigenvalue weighted by molar-refractivity contribution is 9.10. The van der Waals surface area contributed by atoms with Crippen molar-refractivity contribution in [3.8, 4) is 0 Å². The standard InChI is InChI=1S/C15H9BrClNO2/c1-8-2-5-13-12(18-8)7-14(20-13)15(19)10-4-3-9(16)6-11(10)17/h2-7H,1H3. The molecule has 0 saturated heterocycles. The summed E-state index contributed by atoms with van der Waals surface area (Å²) < 4.78 is 6.36. The maximum atomic E-state index is 12.4. The van der Waals surface area contributed by atoms with Crippen LogP contribution in [0.4, 0.5) is 0 Å². The van der Waals surface area contributed by atoms with E-state index in [0.29, 0.717) is 21.7 Å². The number of nitrogens with zero attached hydrogens (tertiary/aromatic N) is 1. The number of furan rings is 1. The van der Waals surface area contributed by atoms with Crippen molar-refractivity contribution in [1.82, 2.24) is 4.98 Å². The first kappa shape index (κ1) is 13.3. The number of ketones is 1. The van der Waals surface area contributed by atoms with Gasteiger partial charge in [0, 0.05) is 21.8 Å². The van der Waals surface area contributed by atoms with Crippen molar-refractivity contribution in [2.45, 2.75) is 6.92 Å². The lowest BCUT2D eigenvalue weighted by Crippen LogP contribution is -2.00. The third kappa shape index (κ3) is 2.37. The Balaban J connectivity index is 2.08. The highest BCUT2D eigenvalue weighted by Gasteiger charge is 2.18. The second kappa shape index (κ2) is 5.04. The summed E-state index contributed by atoms with van der Waals surface area (Å²) in [5.74, 6) is -0.0134. The molecule has 20 heavy (non-hydrogen) atoms. The third-order valence-corrected chi connectivity index (χ3v) is 3.72. The normalized spacial score (nSPS) is 10.9. The van der Waals surface area contributed by atoms with Crippen molar-refractivity contribution >= 4 is 44.4 Å². The predicted molar refractivity (Wildman–Crippen MR) is 81.3 cm³/mol. The molecule has 2 aromatic heterocycles. The number of carbonyl (C=O) groups excluding carboxylic acids is 1. The van der Waals surface area contributed by atoms with E-state index >= 15 is 0 Å². The minimum Gasteiger partial charge on any atom is -0.451 e. The van der Waals surface area contributed by atoms with E-state index in [1.54, 1.807) is 30.3 Å². The van der Waals surface area contributed by atoms with Crippen molar-refractivity contribution in [2.24, 2.45) is 0 Å². The number of aryl methyl sites for hydroxylation is 1. The van der Waals surface area contributed by atoms with Crippen LogP contribution < -0.4 is 0 Å². The van der Waals surface area contributed by atoms with Gasteiger partial charge >= 0.3 is 0 Å². The topological polar surface area (TPSA) is 43.1 Å². The molecule has 1 aromatic carbocycles. The molecule has 0 amide bonds. The van der Waals surface area contributed by atoms with Gasteiger partial charge in [0.25, 0.3) is 0 Å². The summed E-state index contributed by atoms with van der Waals surface area (Å²) in [4.78, 5) is 16.7. The third-order valence-electron chi connectivity index (χ3n) is 2.91. The molecule has 0 spiro atoms. The molecule has 0 aliphatic rings. The molecule has 0 atom stereocenters. The first-order chi connectivity index (χ1) is 9.54. The number of rotatable bonds is 2. The van der Waals surface area contributed by atoms with Crippen LogP contribution in [0.1, 0.15) is 21.8 Å². The first-order valence-corrected chi connectivity index (χ1v) is 7.08. The lowest BCUT2D eigenvalue weighted by Gasteiger charge is -2.01. The Morgan fingerprint density at radius 2 is 2.05 bits per heavy atom. The van der Waals surface area contributed by atoms with Gasteiger partial charge < -0.3 is 4.42 Å². The Labute approximate surface area is 128 Å². The maximum Gasteiger partial charge on any atom is 0.229 e. The number of pyridine rings is 1. The van der Waals surface area contributed by atoms with Gasteiger partial charge in [0.05, 0.1) is 5.02 Å². The molecular weight excluding hydrogens is 342 g/mol. The highest BCUT2D eigenvalue weighted by Crippen LogP contribution is 2.26. The number of fused-ring (bicyclic) bond motifs is 1. The van der Waals surface area contributed by atoms with E-state index in [2.05, 4.69) is 20.9 Å². The molecule has 0 bridgehead atoms. The fraction of sp³-hybridized carbons (Fsp3) is 0.0667. The van der Waals surface area contributed by atoms with E-state index in [4.69, 9.17) is 16.0 Å². The number of benzene rings is 1. The number of carbonyl (C=O) groups is 1. The average Bonchev–Trinajstić information content (AvgIpc) is 2.81. The second-order valence-corrected chi connectivity index (χ2v) is 5.72. The predicted octanol–water partition coefficient (Wildman–Crippen LogP) is 4.78. The van der Waals surface area contributed by atoms with Crippen LogP contribution in [-0.4, -0.2) is 10.8 Å². The molecule has 3 aromatic rings. The van der Waals surface area contributed by atoms with Gasteiger partial charge in [-0.25, -0.2) is 4.98 Å².